The summed E-state index contributed by atoms with van der Waals surface area (Å²) >= 11 is 0. The van der Waals surface area contributed by atoms with E-state index in [1.54, 1.807) is 0 Å². The second-order valence-electron chi connectivity index (χ2n) is 7.58. The van der Waals surface area contributed by atoms with E-state index in [0.717, 1.165) is 36.1 Å². The van der Waals surface area contributed by atoms with Gasteiger partial charge in [-0.3, -0.25) is 9.59 Å². The number of hydrogen-bond donors (Lipinski definition) is 3. The number of benzene rings is 1. The smallest absolute Gasteiger partial charge is 0.273 e. The molecule has 1 aromatic heterocycles. The molecule has 9 heteroatoms. The van der Waals surface area contributed by atoms with Gasteiger partial charge in [0.05, 0.1) is 0 Å². The summed E-state index contributed by atoms with van der Waals surface area (Å²) in [5.41, 5.74) is 8.50. The molecule has 2 aromatic rings. The van der Waals surface area contributed by atoms with Gasteiger partial charge in [-0.15, -0.1) is 10.2 Å². The van der Waals surface area contributed by atoms with Gasteiger partial charge in [0.2, 0.25) is 11.9 Å². The number of nitrogens with two attached hydrogens (primary N) is 1. The van der Waals surface area contributed by atoms with Crippen LogP contribution in [-0.2, 0) is 4.79 Å². The number of carbonyl (C=O) groups excluding carboxylic acids is 2. The van der Waals surface area contributed by atoms with E-state index in [4.69, 9.17) is 5.73 Å². The van der Waals surface area contributed by atoms with E-state index in [2.05, 4.69) is 32.4 Å². The third-order valence-corrected chi connectivity index (χ3v) is 5.48. The van der Waals surface area contributed by atoms with Crippen molar-refractivity contribution in [2.75, 3.05) is 17.3 Å². The molecule has 30 heavy (non-hydrogen) atoms. The molecular formula is C21H27N7O2. The Hall–Kier alpha value is -3.49. The largest absolute Gasteiger partial charge is 0.364 e. The Kier molecular flexibility index (Phi) is 6.29. The zero-order valence-electron chi connectivity index (χ0n) is 17.5. The van der Waals surface area contributed by atoms with Crippen LogP contribution in [-0.4, -0.2) is 46.1 Å². The van der Waals surface area contributed by atoms with Crippen molar-refractivity contribution in [1.82, 2.24) is 20.5 Å². The minimum Gasteiger partial charge on any atom is -0.364 e. The predicted octanol–water partition coefficient (Wildman–Crippen LogP) is 1.99. The van der Waals surface area contributed by atoms with Crippen molar-refractivity contribution >= 4 is 29.3 Å². The van der Waals surface area contributed by atoms with Crippen LogP contribution in [0.1, 0.15) is 40.9 Å². The van der Waals surface area contributed by atoms with Crippen LogP contribution < -0.4 is 21.3 Å². The number of primary amides is 1. The first-order valence-corrected chi connectivity index (χ1v) is 9.83. The lowest BCUT2D eigenvalue weighted by Crippen LogP contribution is -2.36. The molecule has 1 unspecified atom stereocenters. The molecule has 1 aromatic carbocycles. The van der Waals surface area contributed by atoms with E-state index >= 15 is 0 Å². The number of nitrogens with one attached hydrogen (secondary N) is 2. The van der Waals surface area contributed by atoms with Crippen molar-refractivity contribution in [3.8, 4) is 0 Å². The molecule has 0 aliphatic heterocycles. The Morgan fingerprint density at radius 1 is 1.23 bits per heavy atom. The summed E-state index contributed by atoms with van der Waals surface area (Å²) in [4.78, 5) is 29.8. The summed E-state index contributed by atoms with van der Waals surface area (Å²) in [5, 5.41) is 14.2. The van der Waals surface area contributed by atoms with Crippen LogP contribution in [0.25, 0.3) is 0 Å². The number of hydrogen-bond acceptors (Lipinski definition) is 7. The highest BCUT2D eigenvalue weighted by Crippen LogP contribution is 2.27. The van der Waals surface area contributed by atoms with E-state index in [0.29, 0.717) is 5.95 Å². The third kappa shape index (κ3) is 4.73. The van der Waals surface area contributed by atoms with Gasteiger partial charge in [-0.05, 0) is 62.4 Å². The molecule has 1 heterocycles. The van der Waals surface area contributed by atoms with Crippen molar-refractivity contribution in [1.29, 1.82) is 0 Å². The van der Waals surface area contributed by atoms with Crippen molar-refractivity contribution in [3.05, 3.63) is 47.7 Å². The van der Waals surface area contributed by atoms with Crippen molar-refractivity contribution in [2.45, 2.75) is 45.2 Å². The van der Waals surface area contributed by atoms with Crippen LogP contribution in [0.2, 0.25) is 0 Å². The Balaban J connectivity index is 1.81. The second-order valence-corrected chi connectivity index (χ2v) is 7.58. The fraction of sp³-hybridized carbons (Fsp3) is 0.381. The fourth-order valence-electron chi connectivity index (χ4n) is 3.54. The highest BCUT2D eigenvalue weighted by molar-refractivity contribution is 5.96. The molecular weight excluding hydrogens is 382 g/mol. The molecule has 1 aliphatic rings. The van der Waals surface area contributed by atoms with E-state index in [-0.39, 0.29) is 29.5 Å². The van der Waals surface area contributed by atoms with Crippen molar-refractivity contribution in [2.24, 2.45) is 5.73 Å². The van der Waals surface area contributed by atoms with Crippen LogP contribution in [0.3, 0.4) is 0 Å². The first kappa shape index (κ1) is 21.2. The number of nitrogens with zero attached hydrogens (tertiary/aromatic N) is 4. The number of amides is 2. The maximum Gasteiger partial charge on any atom is 0.273 e. The highest BCUT2D eigenvalue weighted by atomic mass is 16.2. The average molecular weight is 409 g/mol. The molecule has 2 amide bonds. The van der Waals surface area contributed by atoms with Crippen LogP contribution in [0.15, 0.2) is 30.9 Å². The minimum absolute atomic E-state index is 0.0204. The molecule has 9 nitrogen and oxygen atoms in total. The third-order valence-electron chi connectivity index (χ3n) is 5.48. The lowest BCUT2D eigenvalue weighted by Gasteiger charge is -2.25. The summed E-state index contributed by atoms with van der Waals surface area (Å²) in [6.45, 7) is 7.52. The molecule has 1 fully saturated rings. The lowest BCUT2D eigenvalue weighted by molar-refractivity contribution is -0.117. The molecule has 0 bridgehead atoms. The van der Waals surface area contributed by atoms with Gasteiger partial charge < -0.3 is 21.3 Å². The van der Waals surface area contributed by atoms with E-state index in [1.165, 1.54) is 6.08 Å². The van der Waals surface area contributed by atoms with Crippen molar-refractivity contribution < 1.29 is 9.59 Å². The SMILES string of the molecule is C=CC(=O)NC1CC[C@@H](N(C)c2nnc(C(N)=O)c(Nc3ccc(C)c(C)c3)n2)C1. The minimum atomic E-state index is -0.705. The fourth-order valence-corrected chi connectivity index (χ4v) is 3.54. The molecule has 2 atom stereocenters. The number of aryl methyl sites for hydroxylation is 2. The van der Waals surface area contributed by atoms with Gasteiger partial charge in [0.1, 0.15) is 0 Å². The number of anilines is 3. The molecule has 3 rings (SSSR count). The van der Waals surface area contributed by atoms with E-state index in [9.17, 15) is 9.59 Å². The Morgan fingerprint density at radius 2 is 2.00 bits per heavy atom. The average Bonchev–Trinajstić information content (AvgIpc) is 3.18. The van der Waals surface area contributed by atoms with Gasteiger partial charge >= 0.3 is 0 Å². The summed E-state index contributed by atoms with van der Waals surface area (Å²) in [6.07, 6.45) is 3.77. The first-order chi connectivity index (χ1) is 14.3. The van der Waals surface area contributed by atoms with Crippen LogP contribution in [0, 0.1) is 13.8 Å². The standard InChI is InChI=1S/C21H27N7O2/c1-5-17(29)23-15-8-9-16(11-15)28(4)21-25-20(18(19(22)30)26-27-21)24-14-7-6-12(2)13(3)10-14/h5-7,10,15-16H,1,8-9,11H2,2-4H3,(H2,22,30)(H,23,29)(H,24,25,27)/t15?,16-/m1/s1. The summed E-state index contributed by atoms with van der Waals surface area (Å²) < 4.78 is 0. The zero-order chi connectivity index (χ0) is 21.8. The highest BCUT2D eigenvalue weighted by Gasteiger charge is 2.30. The molecule has 4 N–H and O–H groups in total. The van der Waals surface area contributed by atoms with Gasteiger partial charge in [0.15, 0.2) is 11.5 Å². The van der Waals surface area contributed by atoms with Gasteiger partial charge in [-0.25, -0.2) is 0 Å². The normalized spacial score (nSPS) is 18.0. The van der Waals surface area contributed by atoms with Gasteiger partial charge in [-0.2, -0.15) is 4.98 Å². The first-order valence-electron chi connectivity index (χ1n) is 9.83. The van der Waals surface area contributed by atoms with Crippen LogP contribution in [0.4, 0.5) is 17.5 Å². The summed E-state index contributed by atoms with van der Waals surface area (Å²) in [6, 6.07) is 6.07. The van der Waals surface area contributed by atoms with Crippen LogP contribution >= 0.6 is 0 Å². The molecule has 1 aliphatic carbocycles. The zero-order valence-corrected chi connectivity index (χ0v) is 17.5. The molecule has 0 spiro atoms. The predicted molar refractivity (Wildman–Crippen MR) is 116 cm³/mol. The molecule has 0 saturated heterocycles. The topological polar surface area (TPSA) is 126 Å². The maximum atomic E-state index is 11.8. The van der Waals surface area contributed by atoms with Gasteiger partial charge in [-0.1, -0.05) is 12.6 Å². The monoisotopic (exact) mass is 409 g/mol. The molecule has 158 valence electrons. The number of carbonyl (C=O) groups is 2. The molecule has 1 saturated carbocycles. The summed E-state index contributed by atoms with van der Waals surface area (Å²) in [5.74, 6) is -0.236. The second kappa shape index (κ2) is 8.89. The Morgan fingerprint density at radius 3 is 2.67 bits per heavy atom. The van der Waals surface area contributed by atoms with Crippen molar-refractivity contribution in [3.63, 3.8) is 0 Å². The van der Waals surface area contributed by atoms with Crippen LogP contribution in [0.5, 0.6) is 0 Å². The maximum absolute atomic E-state index is 11.8. The number of rotatable bonds is 7. The van der Waals surface area contributed by atoms with E-state index in [1.807, 2.05) is 44.0 Å². The Labute approximate surface area is 175 Å². The van der Waals surface area contributed by atoms with Gasteiger partial charge in [0.25, 0.3) is 5.91 Å². The Bertz CT molecular complexity index is 976. The lowest BCUT2D eigenvalue weighted by atomic mass is 10.1. The number of aromatic nitrogens is 3. The quantitative estimate of drug-likeness (QED) is 0.597. The van der Waals surface area contributed by atoms with E-state index < -0.39 is 5.91 Å². The van der Waals surface area contributed by atoms with Gasteiger partial charge in [0, 0.05) is 24.8 Å². The molecule has 0 radical (unpaired) electrons. The summed E-state index contributed by atoms with van der Waals surface area (Å²) in [7, 11) is 1.88.